The molecule has 2 rings (SSSR count). The molecule has 1 aromatic heterocycles. The molecule has 0 unspecified atom stereocenters. The highest BCUT2D eigenvalue weighted by Crippen LogP contribution is 2.35. The Hall–Kier alpha value is -1.78. The van der Waals surface area contributed by atoms with Crippen molar-refractivity contribution in [1.82, 2.24) is 9.97 Å². The molecule has 0 aliphatic carbocycles. The molecule has 0 bridgehead atoms. The minimum atomic E-state index is -4.48. The van der Waals surface area contributed by atoms with Gasteiger partial charge in [-0.1, -0.05) is 0 Å². The fourth-order valence-electron chi connectivity index (χ4n) is 1.36. The van der Waals surface area contributed by atoms with Gasteiger partial charge in [-0.2, -0.15) is 13.2 Å². The third-order valence-electron chi connectivity index (χ3n) is 2.31. The third-order valence-corrected chi connectivity index (χ3v) is 3.26. The van der Waals surface area contributed by atoms with E-state index in [1.165, 1.54) is 0 Å². The van der Waals surface area contributed by atoms with E-state index in [2.05, 4.69) is 9.97 Å². The highest BCUT2D eigenvalue weighted by atomic mass is 127. The molecule has 0 saturated carbocycles. The first kappa shape index (κ1) is 14.6. The molecular formula is C11H7F3IN3O2. The normalized spacial score (nSPS) is 11.4. The first-order valence-corrected chi connectivity index (χ1v) is 6.24. The molecule has 106 valence electrons. The summed E-state index contributed by atoms with van der Waals surface area (Å²) in [4.78, 5) is 17.5. The van der Waals surface area contributed by atoms with Crippen LogP contribution in [0.3, 0.4) is 0 Å². The van der Waals surface area contributed by atoms with E-state index in [9.17, 15) is 18.0 Å². The monoisotopic (exact) mass is 397 g/mol. The van der Waals surface area contributed by atoms with Crippen LogP contribution in [-0.2, 0) is 6.18 Å². The van der Waals surface area contributed by atoms with E-state index >= 15 is 0 Å². The van der Waals surface area contributed by atoms with E-state index in [4.69, 9.17) is 10.5 Å². The fourth-order valence-corrected chi connectivity index (χ4v) is 1.76. The molecule has 1 heterocycles. The van der Waals surface area contributed by atoms with Gasteiger partial charge in [0.2, 0.25) is 5.88 Å². The summed E-state index contributed by atoms with van der Waals surface area (Å²) in [6, 6.07) is 2.68. The number of ether oxygens (including phenoxy) is 1. The number of anilines is 1. The summed E-state index contributed by atoms with van der Waals surface area (Å²) in [6.45, 7) is 0. The molecule has 0 saturated heterocycles. The minimum Gasteiger partial charge on any atom is -0.435 e. The molecule has 0 spiro atoms. The smallest absolute Gasteiger partial charge is 0.416 e. The lowest BCUT2D eigenvalue weighted by Gasteiger charge is -2.11. The quantitative estimate of drug-likeness (QED) is 0.604. The number of halogens is 4. The Kier molecular flexibility index (Phi) is 3.88. The van der Waals surface area contributed by atoms with Gasteiger partial charge in [-0.15, -0.1) is 0 Å². The number of nitrogens with zero attached hydrogens (tertiary/aromatic N) is 1. The zero-order valence-electron chi connectivity index (χ0n) is 9.66. The molecular weight excluding hydrogens is 390 g/mol. The molecule has 5 nitrogen and oxygen atoms in total. The second kappa shape index (κ2) is 5.31. The van der Waals surface area contributed by atoms with Gasteiger partial charge in [-0.05, 0) is 40.8 Å². The molecule has 2 aromatic rings. The first-order chi connectivity index (χ1) is 9.29. The van der Waals surface area contributed by atoms with Crippen molar-refractivity contribution in [2.45, 2.75) is 6.18 Å². The predicted molar refractivity (Wildman–Crippen MR) is 73.5 cm³/mol. The predicted octanol–water partition coefficient (Wildman–Crippen LogP) is 2.77. The number of nitrogens with two attached hydrogens (primary N) is 1. The number of hydrogen-bond acceptors (Lipinski definition) is 4. The Morgan fingerprint density at radius 3 is 2.65 bits per heavy atom. The molecule has 0 fully saturated rings. The van der Waals surface area contributed by atoms with Crippen LogP contribution in [0.25, 0.3) is 0 Å². The van der Waals surface area contributed by atoms with Gasteiger partial charge < -0.3 is 15.5 Å². The van der Waals surface area contributed by atoms with Crippen molar-refractivity contribution < 1.29 is 17.9 Å². The van der Waals surface area contributed by atoms with Crippen LogP contribution >= 0.6 is 22.6 Å². The average Bonchev–Trinajstić information content (AvgIpc) is 2.36. The average molecular weight is 397 g/mol. The zero-order chi connectivity index (χ0) is 14.9. The van der Waals surface area contributed by atoms with E-state index in [1.54, 1.807) is 22.6 Å². The van der Waals surface area contributed by atoms with Crippen LogP contribution < -0.4 is 16.0 Å². The van der Waals surface area contributed by atoms with E-state index in [1.807, 2.05) is 0 Å². The third kappa shape index (κ3) is 3.03. The molecule has 0 atom stereocenters. The van der Waals surface area contributed by atoms with Gasteiger partial charge in [0, 0.05) is 0 Å². The van der Waals surface area contributed by atoms with Crippen molar-refractivity contribution in [2.24, 2.45) is 0 Å². The zero-order valence-corrected chi connectivity index (χ0v) is 11.8. The van der Waals surface area contributed by atoms with Gasteiger partial charge in [-0.25, -0.2) is 4.98 Å². The molecule has 0 radical (unpaired) electrons. The first-order valence-electron chi connectivity index (χ1n) is 5.17. The SMILES string of the molecule is Nc1cc(C(F)(F)F)ccc1Oc1nc[nH]c(=O)c1I. The van der Waals surface area contributed by atoms with Crippen LogP contribution in [0.5, 0.6) is 11.6 Å². The second-order valence-corrected chi connectivity index (χ2v) is 4.78. The fraction of sp³-hybridized carbons (Fsp3) is 0.0909. The van der Waals surface area contributed by atoms with Crippen LogP contribution in [0.15, 0.2) is 29.3 Å². The summed E-state index contributed by atoms with van der Waals surface area (Å²) in [5, 5.41) is 0. The lowest BCUT2D eigenvalue weighted by atomic mass is 10.2. The largest absolute Gasteiger partial charge is 0.435 e. The maximum Gasteiger partial charge on any atom is 0.416 e. The lowest BCUT2D eigenvalue weighted by Crippen LogP contribution is -2.11. The highest BCUT2D eigenvalue weighted by Gasteiger charge is 2.31. The summed E-state index contributed by atoms with van der Waals surface area (Å²) in [5.74, 6) is -0.0326. The number of aromatic amines is 1. The molecule has 20 heavy (non-hydrogen) atoms. The number of aromatic nitrogens is 2. The Labute approximate surface area is 124 Å². The van der Waals surface area contributed by atoms with Crippen molar-refractivity contribution >= 4 is 28.3 Å². The van der Waals surface area contributed by atoms with Crippen LogP contribution in [0.4, 0.5) is 18.9 Å². The highest BCUT2D eigenvalue weighted by molar-refractivity contribution is 14.1. The van der Waals surface area contributed by atoms with E-state index < -0.39 is 17.3 Å². The van der Waals surface area contributed by atoms with Crippen molar-refractivity contribution in [3.63, 3.8) is 0 Å². The summed E-state index contributed by atoms with van der Waals surface area (Å²) in [5.41, 5.74) is 4.02. The van der Waals surface area contributed by atoms with Crippen LogP contribution in [-0.4, -0.2) is 9.97 Å². The number of hydrogen-bond donors (Lipinski definition) is 2. The maximum atomic E-state index is 12.5. The Morgan fingerprint density at radius 1 is 1.35 bits per heavy atom. The minimum absolute atomic E-state index is 0.00554. The summed E-state index contributed by atoms with van der Waals surface area (Å²) in [6.07, 6.45) is -3.36. The molecule has 0 aliphatic heterocycles. The Balaban J connectivity index is 2.36. The Bertz CT molecular complexity index is 700. The summed E-state index contributed by atoms with van der Waals surface area (Å²) in [7, 11) is 0. The lowest BCUT2D eigenvalue weighted by molar-refractivity contribution is -0.137. The maximum absolute atomic E-state index is 12.5. The topological polar surface area (TPSA) is 81.0 Å². The van der Waals surface area contributed by atoms with Crippen LogP contribution in [0.2, 0.25) is 0 Å². The van der Waals surface area contributed by atoms with Gasteiger partial charge in [0.15, 0.2) is 5.75 Å². The van der Waals surface area contributed by atoms with E-state index in [0.29, 0.717) is 0 Å². The molecule has 9 heteroatoms. The summed E-state index contributed by atoms with van der Waals surface area (Å²) >= 11 is 1.71. The van der Waals surface area contributed by atoms with Crippen LogP contribution in [0.1, 0.15) is 5.56 Å². The molecule has 0 amide bonds. The van der Waals surface area contributed by atoms with Gasteiger partial charge in [0.1, 0.15) is 3.57 Å². The van der Waals surface area contributed by atoms with Crippen LogP contribution in [0, 0.1) is 3.57 Å². The number of benzene rings is 1. The number of H-pyrrole nitrogens is 1. The Morgan fingerprint density at radius 2 is 2.05 bits per heavy atom. The van der Waals surface area contributed by atoms with Gasteiger partial charge in [-0.3, -0.25) is 4.79 Å². The van der Waals surface area contributed by atoms with Crippen molar-refractivity contribution in [3.8, 4) is 11.6 Å². The van der Waals surface area contributed by atoms with Gasteiger partial charge >= 0.3 is 6.18 Å². The standard InChI is InChI=1S/C11H7F3IN3O2/c12-11(13,14)5-1-2-7(6(16)3-5)20-10-8(15)9(19)17-4-18-10/h1-4H,16H2,(H,17,18,19). The number of rotatable bonds is 2. The van der Waals surface area contributed by atoms with E-state index in [0.717, 1.165) is 24.5 Å². The van der Waals surface area contributed by atoms with Crippen molar-refractivity contribution in [1.29, 1.82) is 0 Å². The number of alkyl halides is 3. The molecule has 0 aliphatic rings. The van der Waals surface area contributed by atoms with Crippen molar-refractivity contribution in [2.75, 3.05) is 5.73 Å². The number of nitrogen functional groups attached to an aromatic ring is 1. The van der Waals surface area contributed by atoms with Gasteiger partial charge in [0.05, 0.1) is 17.6 Å². The summed E-state index contributed by atoms with van der Waals surface area (Å²) < 4.78 is 42.9. The van der Waals surface area contributed by atoms with Gasteiger partial charge in [0.25, 0.3) is 5.56 Å². The molecule has 1 aromatic carbocycles. The van der Waals surface area contributed by atoms with E-state index in [-0.39, 0.29) is 20.9 Å². The van der Waals surface area contributed by atoms with Crippen molar-refractivity contribution in [3.05, 3.63) is 44.0 Å². The second-order valence-electron chi connectivity index (χ2n) is 3.70. The molecule has 3 N–H and O–H groups in total. The number of nitrogens with one attached hydrogen (secondary N) is 1.